The number of benzene rings is 1. The highest BCUT2D eigenvalue weighted by Crippen LogP contribution is 2.26. The second-order valence-electron chi connectivity index (χ2n) is 5.63. The monoisotopic (exact) mass is 282 g/mol. The summed E-state index contributed by atoms with van der Waals surface area (Å²) >= 11 is 0. The molecule has 1 unspecified atom stereocenters. The van der Waals surface area contributed by atoms with Gasteiger partial charge >= 0.3 is 0 Å². The molecule has 0 heterocycles. The maximum Gasteiger partial charge on any atom is 0.163 e. The first-order chi connectivity index (χ1) is 9.63. The quantitative estimate of drug-likeness (QED) is 0.859. The van der Waals surface area contributed by atoms with E-state index < -0.39 is 11.6 Å². The zero-order chi connectivity index (χ0) is 14.5. The molecule has 1 saturated carbocycles. The molecule has 1 aliphatic carbocycles. The Labute approximate surface area is 120 Å². The fourth-order valence-corrected chi connectivity index (χ4v) is 3.09. The molecule has 2 rings (SSSR count). The second kappa shape index (κ2) is 7.14. The molecule has 1 N–H and O–H groups in total. The zero-order valence-corrected chi connectivity index (χ0v) is 12.3. The van der Waals surface area contributed by atoms with Gasteiger partial charge in [-0.2, -0.15) is 0 Å². The fraction of sp³-hybridized carbons (Fsp3) is 0.625. The fourth-order valence-electron chi connectivity index (χ4n) is 3.09. The first-order valence-electron chi connectivity index (χ1n) is 7.51. The third-order valence-corrected chi connectivity index (χ3v) is 4.23. The molecular formula is C16H24F2N2. The Morgan fingerprint density at radius 1 is 1.30 bits per heavy atom. The van der Waals surface area contributed by atoms with Crippen LogP contribution in [0.1, 0.15) is 44.2 Å². The van der Waals surface area contributed by atoms with E-state index in [1.807, 2.05) is 6.92 Å². The van der Waals surface area contributed by atoms with Gasteiger partial charge in [-0.05, 0) is 32.5 Å². The van der Waals surface area contributed by atoms with Crippen LogP contribution in [0.2, 0.25) is 0 Å². The lowest BCUT2D eigenvalue weighted by Gasteiger charge is -2.29. The van der Waals surface area contributed by atoms with Crippen LogP contribution in [-0.4, -0.2) is 31.1 Å². The third-order valence-electron chi connectivity index (χ3n) is 4.23. The molecule has 1 aliphatic rings. The number of hydrogen-bond acceptors (Lipinski definition) is 2. The van der Waals surface area contributed by atoms with Gasteiger partial charge < -0.3 is 10.2 Å². The van der Waals surface area contributed by atoms with Gasteiger partial charge in [0.1, 0.15) is 0 Å². The van der Waals surface area contributed by atoms with Crippen molar-refractivity contribution >= 4 is 0 Å². The van der Waals surface area contributed by atoms with Gasteiger partial charge in [-0.15, -0.1) is 0 Å². The summed E-state index contributed by atoms with van der Waals surface area (Å²) in [5, 5.41) is 3.27. The van der Waals surface area contributed by atoms with Crippen LogP contribution in [0.3, 0.4) is 0 Å². The van der Waals surface area contributed by atoms with Gasteiger partial charge in [-0.25, -0.2) is 8.78 Å². The van der Waals surface area contributed by atoms with E-state index in [9.17, 15) is 8.78 Å². The Balaban J connectivity index is 2.11. The van der Waals surface area contributed by atoms with Crippen LogP contribution in [0, 0.1) is 11.6 Å². The standard InChI is InChI=1S/C16H24F2N2/c1-3-19-15(11-20(2)12-7-4-5-8-12)13-9-6-10-14(17)16(13)18/h6,9-10,12,15,19H,3-5,7-8,11H2,1-2H3. The maximum atomic E-state index is 14.0. The Bertz CT molecular complexity index is 430. The Morgan fingerprint density at radius 3 is 2.65 bits per heavy atom. The molecule has 0 spiro atoms. The van der Waals surface area contributed by atoms with Crippen molar-refractivity contribution in [3.05, 3.63) is 35.4 Å². The molecule has 0 amide bonds. The van der Waals surface area contributed by atoms with E-state index in [1.165, 1.54) is 31.7 Å². The van der Waals surface area contributed by atoms with Crippen LogP contribution in [-0.2, 0) is 0 Å². The minimum absolute atomic E-state index is 0.165. The summed E-state index contributed by atoms with van der Waals surface area (Å²) in [4.78, 5) is 2.28. The van der Waals surface area contributed by atoms with E-state index in [0.29, 0.717) is 18.2 Å². The highest BCUT2D eigenvalue weighted by atomic mass is 19.2. The van der Waals surface area contributed by atoms with Crippen LogP contribution in [0.15, 0.2) is 18.2 Å². The van der Waals surface area contributed by atoms with Crippen molar-refractivity contribution in [1.29, 1.82) is 0 Å². The van der Waals surface area contributed by atoms with Crippen molar-refractivity contribution in [1.82, 2.24) is 10.2 Å². The topological polar surface area (TPSA) is 15.3 Å². The van der Waals surface area contributed by atoms with Gasteiger partial charge in [0, 0.05) is 24.2 Å². The minimum atomic E-state index is -0.770. The lowest BCUT2D eigenvalue weighted by molar-refractivity contribution is 0.217. The highest BCUT2D eigenvalue weighted by molar-refractivity contribution is 5.23. The summed E-state index contributed by atoms with van der Waals surface area (Å²) in [6.07, 6.45) is 4.96. The van der Waals surface area contributed by atoms with Crippen molar-refractivity contribution < 1.29 is 8.78 Å². The molecule has 2 nitrogen and oxygen atoms in total. The Kier molecular flexibility index (Phi) is 5.49. The van der Waals surface area contributed by atoms with Crippen LogP contribution in [0.25, 0.3) is 0 Å². The molecule has 0 aromatic heterocycles. The van der Waals surface area contributed by atoms with Crippen molar-refractivity contribution in [2.75, 3.05) is 20.1 Å². The van der Waals surface area contributed by atoms with E-state index in [4.69, 9.17) is 0 Å². The van der Waals surface area contributed by atoms with Crippen molar-refractivity contribution in [3.63, 3.8) is 0 Å². The molecule has 0 radical (unpaired) electrons. The van der Waals surface area contributed by atoms with Crippen LogP contribution >= 0.6 is 0 Å². The molecule has 0 aliphatic heterocycles. The van der Waals surface area contributed by atoms with Gasteiger partial charge in [0.05, 0.1) is 0 Å². The van der Waals surface area contributed by atoms with Gasteiger partial charge in [-0.1, -0.05) is 31.9 Å². The Morgan fingerprint density at radius 2 is 2.00 bits per heavy atom. The predicted octanol–water partition coefficient (Wildman–Crippen LogP) is 3.49. The van der Waals surface area contributed by atoms with Crippen molar-refractivity contribution in [2.24, 2.45) is 0 Å². The molecule has 112 valence electrons. The molecule has 1 aromatic rings. The number of likely N-dealkylation sites (N-methyl/N-ethyl adjacent to an activating group) is 2. The molecular weight excluding hydrogens is 258 g/mol. The maximum absolute atomic E-state index is 14.0. The predicted molar refractivity (Wildman–Crippen MR) is 77.7 cm³/mol. The third kappa shape index (κ3) is 3.55. The first-order valence-corrected chi connectivity index (χ1v) is 7.51. The second-order valence-corrected chi connectivity index (χ2v) is 5.63. The Hall–Kier alpha value is -1.00. The summed E-state index contributed by atoms with van der Waals surface area (Å²) in [6.45, 7) is 3.43. The molecule has 0 saturated heterocycles. The molecule has 1 aromatic carbocycles. The SMILES string of the molecule is CCNC(CN(C)C1CCCC1)c1cccc(F)c1F. The number of hydrogen-bond donors (Lipinski definition) is 1. The number of nitrogens with one attached hydrogen (secondary N) is 1. The summed E-state index contributed by atoms with van der Waals surface area (Å²) in [5.41, 5.74) is 0.427. The summed E-state index contributed by atoms with van der Waals surface area (Å²) < 4.78 is 27.4. The number of rotatable bonds is 6. The van der Waals surface area contributed by atoms with E-state index in [1.54, 1.807) is 12.1 Å². The normalized spacial score (nSPS) is 17.9. The van der Waals surface area contributed by atoms with E-state index in [2.05, 4.69) is 17.3 Å². The highest BCUT2D eigenvalue weighted by Gasteiger charge is 2.24. The van der Waals surface area contributed by atoms with Gasteiger partial charge in [-0.3, -0.25) is 0 Å². The van der Waals surface area contributed by atoms with Crippen molar-refractivity contribution in [2.45, 2.75) is 44.7 Å². The molecule has 0 bridgehead atoms. The molecule has 1 atom stereocenters. The lowest BCUT2D eigenvalue weighted by Crippen LogP contribution is -2.38. The van der Waals surface area contributed by atoms with Crippen LogP contribution in [0.4, 0.5) is 8.78 Å². The van der Waals surface area contributed by atoms with E-state index in [-0.39, 0.29) is 6.04 Å². The number of halogens is 2. The summed E-state index contributed by atoms with van der Waals surface area (Å²) in [6, 6.07) is 4.83. The van der Waals surface area contributed by atoms with E-state index >= 15 is 0 Å². The van der Waals surface area contributed by atoms with Gasteiger partial charge in [0.15, 0.2) is 11.6 Å². The van der Waals surface area contributed by atoms with Crippen LogP contribution in [0.5, 0.6) is 0 Å². The summed E-state index contributed by atoms with van der Waals surface area (Å²) in [5.74, 6) is -1.49. The molecule has 20 heavy (non-hydrogen) atoms. The molecule has 4 heteroatoms. The average Bonchev–Trinajstić information content (AvgIpc) is 2.95. The molecule has 1 fully saturated rings. The van der Waals surface area contributed by atoms with Gasteiger partial charge in [0.25, 0.3) is 0 Å². The van der Waals surface area contributed by atoms with Gasteiger partial charge in [0.2, 0.25) is 0 Å². The average molecular weight is 282 g/mol. The zero-order valence-electron chi connectivity index (χ0n) is 12.3. The first kappa shape index (κ1) is 15.4. The number of nitrogens with zero attached hydrogens (tertiary/aromatic N) is 1. The largest absolute Gasteiger partial charge is 0.309 e. The van der Waals surface area contributed by atoms with Crippen molar-refractivity contribution in [3.8, 4) is 0 Å². The van der Waals surface area contributed by atoms with Crippen LogP contribution < -0.4 is 5.32 Å². The minimum Gasteiger partial charge on any atom is -0.309 e. The van der Waals surface area contributed by atoms with E-state index in [0.717, 1.165) is 6.54 Å². The smallest absolute Gasteiger partial charge is 0.163 e. The lowest BCUT2D eigenvalue weighted by atomic mass is 10.0. The summed E-state index contributed by atoms with van der Waals surface area (Å²) in [7, 11) is 2.08.